The Labute approximate surface area is 117 Å². The molecule has 0 fully saturated rings. The van der Waals surface area contributed by atoms with Crippen molar-refractivity contribution in [1.29, 1.82) is 0 Å². The van der Waals surface area contributed by atoms with Crippen molar-refractivity contribution in [3.63, 3.8) is 0 Å². The van der Waals surface area contributed by atoms with Crippen LogP contribution in [0.15, 0.2) is 23.1 Å². The SMILES string of the molecule is CC(C)(CSc1ccc2c(c1)OCCCO2)C(=O)O. The quantitative estimate of drug-likeness (QED) is 0.860. The molecule has 1 aliphatic rings. The Morgan fingerprint density at radius 2 is 2.00 bits per heavy atom. The molecular weight excluding hydrogens is 264 g/mol. The van der Waals surface area contributed by atoms with Crippen LogP contribution in [-0.4, -0.2) is 30.0 Å². The average molecular weight is 282 g/mol. The molecule has 1 N–H and O–H groups in total. The summed E-state index contributed by atoms with van der Waals surface area (Å²) in [5.41, 5.74) is -0.741. The molecule has 0 saturated heterocycles. The first-order chi connectivity index (χ1) is 8.99. The maximum atomic E-state index is 11.1. The molecule has 1 aliphatic heterocycles. The lowest BCUT2D eigenvalue weighted by molar-refractivity contribution is -0.145. The van der Waals surface area contributed by atoms with E-state index in [1.165, 1.54) is 11.8 Å². The van der Waals surface area contributed by atoms with E-state index in [9.17, 15) is 4.79 Å². The molecule has 0 amide bonds. The van der Waals surface area contributed by atoms with Gasteiger partial charge in [-0.2, -0.15) is 0 Å². The number of hydrogen-bond acceptors (Lipinski definition) is 4. The molecule has 0 spiro atoms. The van der Waals surface area contributed by atoms with E-state index in [1.807, 2.05) is 18.2 Å². The fraction of sp³-hybridized carbons (Fsp3) is 0.500. The topological polar surface area (TPSA) is 55.8 Å². The van der Waals surface area contributed by atoms with Crippen molar-refractivity contribution in [2.75, 3.05) is 19.0 Å². The van der Waals surface area contributed by atoms with E-state index >= 15 is 0 Å². The van der Waals surface area contributed by atoms with Crippen LogP contribution in [0.1, 0.15) is 20.3 Å². The van der Waals surface area contributed by atoms with Crippen LogP contribution in [0.25, 0.3) is 0 Å². The summed E-state index contributed by atoms with van der Waals surface area (Å²) in [6, 6.07) is 5.75. The van der Waals surface area contributed by atoms with Gasteiger partial charge >= 0.3 is 5.97 Å². The van der Waals surface area contributed by atoms with Gasteiger partial charge in [0.25, 0.3) is 0 Å². The van der Waals surface area contributed by atoms with E-state index in [1.54, 1.807) is 13.8 Å². The van der Waals surface area contributed by atoms with Gasteiger partial charge in [0.15, 0.2) is 11.5 Å². The van der Waals surface area contributed by atoms with Crippen LogP contribution in [0, 0.1) is 5.41 Å². The number of fused-ring (bicyclic) bond motifs is 1. The second-order valence-corrected chi connectivity index (χ2v) is 6.19. The molecule has 4 nitrogen and oxygen atoms in total. The summed E-state index contributed by atoms with van der Waals surface area (Å²) in [4.78, 5) is 12.1. The number of ether oxygens (including phenoxy) is 2. The zero-order valence-corrected chi connectivity index (χ0v) is 12.0. The Morgan fingerprint density at radius 3 is 2.68 bits per heavy atom. The molecule has 19 heavy (non-hydrogen) atoms. The first-order valence-corrected chi connectivity index (χ1v) is 7.23. The predicted molar refractivity (Wildman–Crippen MR) is 74.2 cm³/mol. The van der Waals surface area contributed by atoms with Crippen molar-refractivity contribution in [3.05, 3.63) is 18.2 Å². The number of thioether (sulfide) groups is 1. The van der Waals surface area contributed by atoms with Crippen molar-refractivity contribution in [2.24, 2.45) is 5.41 Å². The zero-order chi connectivity index (χ0) is 13.9. The highest BCUT2D eigenvalue weighted by Gasteiger charge is 2.27. The summed E-state index contributed by atoms with van der Waals surface area (Å²) in [6.45, 7) is 4.78. The lowest BCUT2D eigenvalue weighted by Crippen LogP contribution is -2.26. The molecule has 1 aromatic rings. The highest BCUT2D eigenvalue weighted by Crippen LogP contribution is 2.35. The van der Waals surface area contributed by atoms with Crippen LogP contribution in [0.4, 0.5) is 0 Å². The minimum absolute atomic E-state index is 0.516. The standard InChI is InChI=1S/C14H18O4S/c1-14(2,13(15)16)9-19-10-4-5-11-12(8-10)18-7-3-6-17-11/h4-5,8H,3,6-7,9H2,1-2H3,(H,15,16). The number of hydrogen-bond donors (Lipinski definition) is 1. The molecular formula is C14H18O4S. The fourth-order valence-electron chi connectivity index (χ4n) is 1.56. The summed E-state index contributed by atoms with van der Waals surface area (Å²) in [7, 11) is 0. The van der Waals surface area contributed by atoms with Gasteiger partial charge in [0.2, 0.25) is 0 Å². The molecule has 0 aliphatic carbocycles. The van der Waals surface area contributed by atoms with Crippen molar-refractivity contribution in [2.45, 2.75) is 25.2 Å². The smallest absolute Gasteiger partial charge is 0.309 e. The van der Waals surface area contributed by atoms with E-state index in [0.29, 0.717) is 19.0 Å². The van der Waals surface area contributed by atoms with Gasteiger partial charge < -0.3 is 14.6 Å². The molecule has 1 heterocycles. The van der Waals surface area contributed by atoms with Crippen LogP contribution >= 0.6 is 11.8 Å². The van der Waals surface area contributed by atoms with Gasteiger partial charge in [-0.3, -0.25) is 4.79 Å². The lowest BCUT2D eigenvalue weighted by Gasteiger charge is -2.18. The number of carboxylic acid groups (broad SMARTS) is 1. The second kappa shape index (κ2) is 5.74. The summed E-state index contributed by atoms with van der Waals surface area (Å²) in [5.74, 6) is 1.24. The van der Waals surface area contributed by atoms with Gasteiger partial charge in [0.1, 0.15) is 0 Å². The molecule has 0 atom stereocenters. The minimum atomic E-state index is -0.783. The molecule has 0 unspecified atom stereocenters. The van der Waals surface area contributed by atoms with Crippen molar-refractivity contribution >= 4 is 17.7 Å². The fourth-order valence-corrected chi connectivity index (χ4v) is 2.56. The second-order valence-electron chi connectivity index (χ2n) is 5.14. The normalized spacial score (nSPS) is 14.8. The number of benzene rings is 1. The third kappa shape index (κ3) is 3.56. The molecule has 2 rings (SSSR count). The van der Waals surface area contributed by atoms with Crippen molar-refractivity contribution < 1.29 is 19.4 Å². The van der Waals surface area contributed by atoms with E-state index in [0.717, 1.165) is 22.8 Å². The molecule has 1 aromatic carbocycles. The van der Waals surface area contributed by atoms with E-state index in [2.05, 4.69) is 0 Å². The summed E-state index contributed by atoms with van der Waals surface area (Å²) >= 11 is 1.52. The Morgan fingerprint density at radius 1 is 1.32 bits per heavy atom. The van der Waals surface area contributed by atoms with Crippen LogP contribution in [-0.2, 0) is 4.79 Å². The Hall–Kier alpha value is -1.36. The van der Waals surface area contributed by atoms with E-state index in [-0.39, 0.29) is 0 Å². The summed E-state index contributed by atoms with van der Waals surface area (Å²) in [5, 5.41) is 9.09. The molecule has 0 aromatic heterocycles. The first kappa shape index (κ1) is 14.1. The maximum Gasteiger partial charge on any atom is 0.309 e. The highest BCUT2D eigenvalue weighted by atomic mass is 32.2. The van der Waals surface area contributed by atoms with Crippen LogP contribution in [0.5, 0.6) is 11.5 Å². The summed E-state index contributed by atoms with van der Waals surface area (Å²) in [6.07, 6.45) is 0.878. The largest absolute Gasteiger partial charge is 0.490 e. The number of rotatable bonds is 4. The highest BCUT2D eigenvalue weighted by molar-refractivity contribution is 7.99. The van der Waals surface area contributed by atoms with E-state index in [4.69, 9.17) is 14.6 Å². The maximum absolute atomic E-state index is 11.1. The predicted octanol–water partition coefficient (Wildman–Crippen LogP) is 3.05. The number of aliphatic carboxylic acids is 1. The molecule has 0 radical (unpaired) electrons. The average Bonchev–Trinajstić information content (AvgIpc) is 2.60. The van der Waals surface area contributed by atoms with Gasteiger partial charge in [-0.15, -0.1) is 11.8 Å². The first-order valence-electron chi connectivity index (χ1n) is 6.25. The van der Waals surface area contributed by atoms with Gasteiger partial charge in [-0.25, -0.2) is 0 Å². The monoisotopic (exact) mass is 282 g/mol. The molecule has 5 heteroatoms. The lowest BCUT2D eigenvalue weighted by atomic mass is 9.97. The minimum Gasteiger partial charge on any atom is -0.490 e. The van der Waals surface area contributed by atoms with Crippen molar-refractivity contribution in [1.82, 2.24) is 0 Å². The van der Waals surface area contributed by atoms with Crippen molar-refractivity contribution in [3.8, 4) is 11.5 Å². The molecule has 104 valence electrons. The Balaban J connectivity index is 2.06. The Bertz CT molecular complexity index is 471. The third-order valence-electron chi connectivity index (χ3n) is 2.90. The zero-order valence-electron chi connectivity index (χ0n) is 11.1. The van der Waals surface area contributed by atoms with Crippen LogP contribution in [0.3, 0.4) is 0 Å². The van der Waals surface area contributed by atoms with Crippen LogP contribution < -0.4 is 9.47 Å². The third-order valence-corrected chi connectivity index (χ3v) is 4.35. The van der Waals surface area contributed by atoms with Gasteiger partial charge in [0.05, 0.1) is 18.6 Å². The van der Waals surface area contributed by atoms with Gasteiger partial charge in [-0.1, -0.05) is 0 Å². The van der Waals surface area contributed by atoms with Crippen LogP contribution in [0.2, 0.25) is 0 Å². The summed E-state index contributed by atoms with van der Waals surface area (Å²) < 4.78 is 11.2. The molecule has 0 saturated carbocycles. The number of carbonyl (C=O) groups is 1. The van der Waals surface area contributed by atoms with E-state index < -0.39 is 11.4 Å². The Kier molecular flexibility index (Phi) is 4.24. The van der Waals surface area contributed by atoms with Gasteiger partial charge in [0, 0.05) is 17.1 Å². The molecule has 0 bridgehead atoms. The van der Waals surface area contributed by atoms with Gasteiger partial charge in [-0.05, 0) is 32.0 Å². The number of carboxylic acids is 1.